The molecule has 1 fully saturated rings. The Balaban J connectivity index is 2.21. The average Bonchev–Trinajstić information content (AvgIpc) is 2.42. The third kappa shape index (κ3) is 3.33. The van der Waals surface area contributed by atoms with E-state index in [1.165, 1.54) is 11.1 Å². The van der Waals surface area contributed by atoms with Crippen LogP contribution in [0.2, 0.25) is 0 Å². The van der Waals surface area contributed by atoms with Crippen molar-refractivity contribution in [1.82, 2.24) is 5.32 Å². The van der Waals surface area contributed by atoms with Crippen LogP contribution in [-0.2, 0) is 4.84 Å². The quantitative estimate of drug-likeness (QED) is 0.654. The molecule has 1 aliphatic rings. The van der Waals surface area contributed by atoms with Gasteiger partial charge in [-0.05, 0) is 45.3 Å². The second-order valence-corrected chi connectivity index (χ2v) is 4.78. The minimum absolute atomic E-state index is 0.514. The van der Waals surface area contributed by atoms with Crippen LogP contribution in [0.3, 0.4) is 0 Å². The summed E-state index contributed by atoms with van der Waals surface area (Å²) in [5.74, 6) is 0.514. The number of nitrogens with one attached hydrogen (secondary N) is 1. The number of nitrogens with zero attached hydrogens (tertiary/aromatic N) is 1. The van der Waals surface area contributed by atoms with Gasteiger partial charge in [-0.25, -0.2) is 0 Å². The van der Waals surface area contributed by atoms with Crippen LogP contribution in [0.15, 0.2) is 29.4 Å². The predicted molar refractivity (Wildman–Crippen MR) is 74.9 cm³/mol. The Morgan fingerprint density at radius 1 is 1.28 bits per heavy atom. The smallest absolute Gasteiger partial charge is 0.114 e. The van der Waals surface area contributed by atoms with E-state index in [4.69, 9.17) is 4.84 Å². The summed E-state index contributed by atoms with van der Waals surface area (Å²) in [4.78, 5) is 5.30. The Morgan fingerprint density at radius 2 is 1.94 bits per heavy atom. The molecule has 1 heterocycles. The zero-order chi connectivity index (χ0) is 12.8. The van der Waals surface area contributed by atoms with Gasteiger partial charge in [-0.15, -0.1) is 0 Å². The number of piperidine rings is 1. The lowest BCUT2D eigenvalue weighted by atomic mass is 9.88. The van der Waals surface area contributed by atoms with Gasteiger partial charge in [0.25, 0.3) is 0 Å². The lowest BCUT2D eigenvalue weighted by Crippen LogP contribution is -2.32. The first-order valence-electron chi connectivity index (χ1n) is 6.79. The van der Waals surface area contributed by atoms with Gasteiger partial charge in [0, 0.05) is 5.92 Å². The summed E-state index contributed by atoms with van der Waals surface area (Å²) in [6, 6.07) is 8.57. The summed E-state index contributed by atoms with van der Waals surface area (Å²) in [6.45, 7) is 6.84. The standard InChI is InChI=1S/C15H22N2O/c1-3-18-17-15(14-8-10-16-11-9-14)13-6-4-12(2)5-7-13/h4-7,14,16H,3,8-11H2,1-2H3. The van der Waals surface area contributed by atoms with E-state index in [0.717, 1.165) is 31.6 Å². The number of oxime groups is 1. The van der Waals surface area contributed by atoms with Crippen molar-refractivity contribution < 1.29 is 4.84 Å². The molecule has 0 bridgehead atoms. The molecule has 0 aromatic heterocycles. The van der Waals surface area contributed by atoms with Crippen molar-refractivity contribution in [2.75, 3.05) is 19.7 Å². The van der Waals surface area contributed by atoms with Gasteiger partial charge in [-0.3, -0.25) is 0 Å². The van der Waals surface area contributed by atoms with Gasteiger partial charge in [-0.1, -0.05) is 35.0 Å². The topological polar surface area (TPSA) is 33.6 Å². The molecule has 0 aliphatic carbocycles. The van der Waals surface area contributed by atoms with Crippen LogP contribution in [0.1, 0.15) is 30.9 Å². The first-order valence-corrected chi connectivity index (χ1v) is 6.79. The summed E-state index contributed by atoms with van der Waals surface area (Å²) in [7, 11) is 0. The summed E-state index contributed by atoms with van der Waals surface area (Å²) >= 11 is 0. The van der Waals surface area contributed by atoms with E-state index in [-0.39, 0.29) is 0 Å². The molecule has 2 rings (SSSR count). The van der Waals surface area contributed by atoms with E-state index in [0.29, 0.717) is 12.5 Å². The fourth-order valence-corrected chi connectivity index (χ4v) is 2.32. The molecule has 1 aromatic rings. The largest absolute Gasteiger partial charge is 0.396 e. The van der Waals surface area contributed by atoms with Crippen molar-refractivity contribution in [3.8, 4) is 0 Å². The molecular weight excluding hydrogens is 224 g/mol. The number of hydrogen-bond acceptors (Lipinski definition) is 3. The van der Waals surface area contributed by atoms with Gasteiger partial charge in [0.1, 0.15) is 6.61 Å². The number of benzene rings is 1. The molecule has 98 valence electrons. The van der Waals surface area contributed by atoms with Crippen LogP contribution in [-0.4, -0.2) is 25.4 Å². The Labute approximate surface area is 109 Å². The van der Waals surface area contributed by atoms with E-state index >= 15 is 0 Å². The molecular formula is C15H22N2O. The monoisotopic (exact) mass is 246 g/mol. The third-order valence-electron chi connectivity index (χ3n) is 3.37. The molecule has 1 aromatic carbocycles. The minimum atomic E-state index is 0.514. The van der Waals surface area contributed by atoms with Gasteiger partial charge < -0.3 is 10.2 Å². The Morgan fingerprint density at radius 3 is 2.56 bits per heavy atom. The molecule has 0 unspecified atom stereocenters. The second-order valence-electron chi connectivity index (χ2n) is 4.78. The normalized spacial score (nSPS) is 17.8. The van der Waals surface area contributed by atoms with Gasteiger partial charge in [0.15, 0.2) is 0 Å². The molecule has 1 aliphatic heterocycles. The first-order chi connectivity index (χ1) is 8.81. The van der Waals surface area contributed by atoms with Gasteiger partial charge >= 0.3 is 0 Å². The maximum Gasteiger partial charge on any atom is 0.114 e. The highest BCUT2D eigenvalue weighted by atomic mass is 16.6. The summed E-state index contributed by atoms with van der Waals surface area (Å²) in [5.41, 5.74) is 3.58. The van der Waals surface area contributed by atoms with E-state index < -0.39 is 0 Å². The molecule has 0 radical (unpaired) electrons. The Hall–Kier alpha value is -1.35. The SMILES string of the molecule is CCON=C(c1ccc(C)cc1)C1CCNCC1. The average molecular weight is 246 g/mol. The van der Waals surface area contributed by atoms with Crippen molar-refractivity contribution in [1.29, 1.82) is 0 Å². The molecule has 3 nitrogen and oxygen atoms in total. The highest BCUT2D eigenvalue weighted by Gasteiger charge is 2.21. The summed E-state index contributed by atoms with van der Waals surface area (Å²) in [6.07, 6.45) is 2.28. The molecule has 0 saturated carbocycles. The van der Waals surface area contributed by atoms with Crippen LogP contribution in [0.5, 0.6) is 0 Å². The third-order valence-corrected chi connectivity index (χ3v) is 3.37. The zero-order valence-corrected chi connectivity index (χ0v) is 11.3. The molecule has 3 heteroatoms. The van der Waals surface area contributed by atoms with Crippen molar-refractivity contribution >= 4 is 5.71 Å². The van der Waals surface area contributed by atoms with Crippen LogP contribution in [0.4, 0.5) is 0 Å². The van der Waals surface area contributed by atoms with Crippen molar-refractivity contribution in [2.24, 2.45) is 11.1 Å². The Bertz CT molecular complexity index is 391. The maximum atomic E-state index is 5.30. The second kappa shape index (κ2) is 6.55. The van der Waals surface area contributed by atoms with Crippen molar-refractivity contribution in [3.05, 3.63) is 35.4 Å². The molecule has 18 heavy (non-hydrogen) atoms. The molecule has 0 amide bonds. The Kier molecular flexibility index (Phi) is 4.76. The first kappa shape index (κ1) is 13.1. The fraction of sp³-hybridized carbons (Fsp3) is 0.533. The molecule has 1 N–H and O–H groups in total. The molecule has 0 atom stereocenters. The van der Waals surface area contributed by atoms with E-state index in [1.807, 2.05) is 6.92 Å². The zero-order valence-electron chi connectivity index (χ0n) is 11.3. The van der Waals surface area contributed by atoms with Crippen molar-refractivity contribution in [3.63, 3.8) is 0 Å². The van der Waals surface area contributed by atoms with Crippen LogP contribution < -0.4 is 5.32 Å². The van der Waals surface area contributed by atoms with Crippen LogP contribution in [0, 0.1) is 12.8 Å². The predicted octanol–water partition coefficient (Wildman–Crippen LogP) is 2.74. The highest BCUT2D eigenvalue weighted by molar-refractivity contribution is 6.02. The number of aryl methyl sites for hydroxylation is 1. The summed E-state index contributed by atoms with van der Waals surface area (Å²) in [5, 5.41) is 7.75. The van der Waals surface area contributed by atoms with Crippen LogP contribution >= 0.6 is 0 Å². The maximum absolute atomic E-state index is 5.30. The van der Waals surface area contributed by atoms with E-state index in [1.54, 1.807) is 0 Å². The van der Waals surface area contributed by atoms with Gasteiger partial charge in [-0.2, -0.15) is 0 Å². The molecule has 0 spiro atoms. The van der Waals surface area contributed by atoms with Gasteiger partial charge in [0.2, 0.25) is 0 Å². The summed E-state index contributed by atoms with van der Waals surface area (Å²) < 4.78 is 0. The fourth-order valence-electron chi connectivity index (χ4n) is 2.32. The minimum Gasteiger partial charge on any atom is -0.396 e. The molecule has 1 saturated heterocycles. The van der Waals surface area contributed by atoms with Crippen LogP contribution in [0.25, 0.3) is 0 Å². The van der Waals surface area contributed by atoms with E-state index in [2.05, 4.69) is 41.7 Å². The van der Waals surface area contributed by atoms with Crippen molar-refractivity contribution in [2.45, 2.75) is 26.7 Å². The van der Waals surface area contributed by atoms with Gasteiger partial charge in [0.05, 0.1) is 5.71 Å². The lowest BCUT2D eigenvalue weighted by molar-refractivity contribution is 0.156. The van der Waals surface area contributed by atoms with E-state index in [9.17, 15) is 0 Å². The lowest BCUT2D eigenvalue weighted by Gasteiger charge is -2.24. The number of hydrogen-bond donors (Lipinski definition) is 1. The highest BCUT2D eigenvalue weighted by Crippen LogP contribution is 2.20. The number of rotatable bonds is 4.